The van der Waals surface area contributed by atoms with Crippen LogP contribution in [0.1, 0.15) is 24.5 Å². The summed E-state index contributed by atoms with van der Waals surface area (Å²) in [7, 11) is 0. The van der Waals surface area contributed by atoms with Crippen LogP contribution in [0, 0.1) is 0 Å². The number of rotatable bonds is 12. The molecule has 8 nitrogen and oxygen atoms in total. The lowest BCUT2D eigenvalue weighted by Crippen LogP contribution is -2.36. The SMILES string of the molecule is CCC(=O)ON(CCNCC(=O)OCCc1ccccc1O)Cc1ccccc1O. The zero-order chi connectivity index (χ0) is 21.8. The molecule has 0 aromatic heterocycles. The van der Waals surface area contributed by atoms with Gasteiger partial charge in [-0.2, -0.15) is 0 Å². The van der Waals surface area contributed by atoms with Gasteiger partial charge in [0.05, 0.1) is 19.7 Å². The van der Waals surface area contributed by atoms with E-state index in [1.165, 1.54) is 5.06 Å². The number of hydroxylamine groups is 2. The maximum absolute atomic E-state index is 11.8. The molecule has 0 radical (unpaired) electrons. The van der Waals surface area contributed by atoms with Crippen molar-refractivity contribution in [2.45, 2.75) is 26.3 Å². The van der Waals surface area contributed by atoms with Gasteiger partial charge in [0.1, 0.15) is 11.5 Å². The van der Waals surface area contributed by atoms with Crippen molar-refractivity contribution in [3.8, 4) is 11.5 Å². The summed E-state index contributed by atoms with van der Waals surface area (Å²) in [5, 5.41) is 24.0. The van der Waals surface area contributed by atoms with Crippen LogP contribution in [-0.4, -0.2) is 53.5 Å². The maximum atomic E-state index is 11.8. The first kappa shape index (κ1) is 23.2. The highest BCUT2D eigenvalue weighted by atomic mass is 16.7. The molecule has 0 aliphatic heterocycles. The quantitative estimate of drug-likeness (QED) is 0.274. The number of benzene rings is 2. The number of phenols is 2. The monoisotopic (exact) mass is 416 g/mol. The average molecular weight is 416 g/mol. The number of hydrogen-bond donors (Lipinski definition) is 3. The average Bonchev–Trinajstić information content (AvgIpc) is 2.74. The molecule has 0 amide bonds. The summed E-state index contributed by atoms with van der Waals surface area (Å²) in [4.78, 5) is 28.8. The van der Waals surface area contributed by atoms with Gasteiger partial charge in [0.15, 0.2) is 0 Å². The van der Waals surface area contributed by atoms with Crippen LogP contribution in [0.3, 0.4) is 0 Å². The standard InChI is InChI=1S/C22H28N2O6/c1-2-21(27)30-24(16-18-8-4-6-10-20(18)26)13-12-23-15-22(28)29-14-11-17-7-3-5-9-19(17)25/h3-10,23,25-26H,2,11-16H2,1H3. The number of para-hydroxylation sites is 2. The molecule has 30 heavy (non-hydrogen) atoms. The highest BCUT2D eigenvalue weighted by molar-refractivity contribution is 5.71. The Balaban J connectivity index is 1.71. The number of nitrogens with one attached hydrogen (secondary N) is 1. The Morgan fingerprint density at radius 3 is 2.23 bits per heavy atom. The van der Waals surface area contributed by atoms with Crippen molar-refractivity contribution in [3.05, 3.63) is 59.7 Å². The molecular formula is C22H28N2O6. The Labute approximate surface area is 176 Å². The number of carbonyl (C=O) groups is 2. The first-order valence-electron chi connectivity index (χ1n) is 9.85. The van der Waals surface area contributed by atoms with Crippen molar-refractivity contribution in [2.24, 2.45) is 0 Å². The fourth-order valence-electron chi connectivity index (χ4n) is 2.64. The molecule has 2 aromatic rings. The van der Waals surface area contributed by atoms with Gasteiger partial charge in [-0.1, -0.05) is 43.3 Å². The molecule has 0 saturated carbocycles. The first-order valence-corrected chi connectivity index (χ1v) is 9.85. The van der Waals surface area contributed by atoms with E-state index in [0.29, 0.717) is 25.1 Å². The van der Waals surface area contributed by atoms with Gasteiger partial charge in [0, 0.05) is 31.5 Å². The van der Waals surface area contributed by atoms with E-state index in [1.807, 2.05) is 6.07 Å². The molecule has 0 heterocycles. The fraction of sp³-hybridized carbons (Fsp3) is 0.364. The van der Waals surface area contributed by atoms with E-state index in [2.05, 4.69) is 5.32 Å². The molecule has 0 aliphatic rings. The smallest absolute Gasteiger partial charge is 0.324 e. The molecule has 0 atom stereocenters. The number of nitrogens with zero attached hydrogens (tertiary/aromatic N) is 1. The molecule has 0 saturated heterocycles. The highest BCUT2D eigenvalue weighted by Gasteiger charge is 2.13. The van der Waals surface area contributed by atoms with E-state index in [-0.39, 0.29) is 43.6 Å². The van der Waals surface area contributed by atoms with E-state index in [1.54, 1.807) is 49.4 Å². The lowest BCUT2D eigenvalue weighted by molar-refractivity contribution is -0.193. The van der Waals surface area contributed by atoms with Crippen molar-refractivity contribution >= 4 is 11.9 Å². The van der Waals surface area contributed by atoms with Crippen molar-refractivity contribution in [1.29, 1.82) is 0 Å². The number of hydrogen-bond acceptors (Lipinski definition) is 8. The van der Waals surface area contributed by atoms with Crippen molar-refractivity contribution < 1.29 is 29.4 Å². The molecule has 0 fully saturated rings. The van der Waals surface area contributed by atoms with Crippen LogP contribution >= 0.6 is 0 Å². The zero-order valence-electron chi connectivity index (χ0n) is 17.0. The van der Waals surface area contributed by atoms with E-state index >= 15 is 0 Å². The summed E-state index contributed by atoms with van der Waals surface area (Å²) >= 11 is 0. The largest absolute Gasteiger partial charge is 0.508 e. The minimum atomic E-state index is -0.414. The van der Waals surface area contributed by atoms with Crippen molar-refractivity contribution in [3.63, 3.8) is 0 Å². The molecule has 0 unspecified atom stereocenters. The predicted octanol–water partition coefficient (Wildman–Crippen LogP) is 2.14. The summed E-state index contributed by atoms with van der Waals surface area (Å²) in [5.41, 5.74) is 1.35. The second kappa shape index (κ2) is 12.5. The summed E-state index contributed by atoms with van der Waals surface area (Å²) in [6.45, 7) is 2.80. The molecule has 162 valence electrons. The highest BCUT2D eigenvalue weighted by Crippen LogP contribution is 2.18. The third kappa shape index (κ3) is 8.10. The molecule has 0 aliphatic carbocycles. The van der Waals surface area contributed by atoms with E-state index in [9.17, 15) is 19.8 Å². The molecule has 2 aromatic carbocycles. The second-order valence-corrected chi connectivity index (χ2v) is 6.59. The first-order chi connectivity index (χ1) is 14.5. The van der Waals surface area contributed by atoms with Gasteiger partial charge in [-0.25, -0.2) is 0 Å². The summed E-state index contributed by atoms with van der Waals surface area (Å²) < 4.78 is 5.16. The van der Waals surface area contributed by atoms with Gasteiger partial charge in [0.25, 0.3) is 0 Å². The number of esters is 1. The topological polar surface area (TPSA) is 108 Å². The maximum Gasteiger partial charge on any atom is 0.324 e. The van der Waals surface area contributed by atoms with Crippen molar-refractivity contribution in [1.82, 2.24) is 10.4 Å². The van der Waals surface area contributed by atoms with Crippen LogP contribution in [0.2, 0.25) is 0 Å². The Bertz CT molecular complexity index is 827. The minimum absolute atomic E-state index is 0.00687. The third-order valence-electron chi connectivity index (χ3n) is 4.29. The normalized spacial score (nSPS) is 10.7. The van der Waals surface area contributed by atoms with Crippen LogP contribution in [0.5, 0.6) is 11.5 Å². The molecule has 0 bridgehead atoms. The second-order valence-electron chi connectivity index (χ2n) is 6.59. The van der Waals surface area contributed by atoms with Gasteiger partial charge < -0.3 is 25.1 Å². The molecule has 2 rings (SSSR count). The van der Waals surface area contributed by atoms with Gasteiger partial charge in [-0.15, -0.1) is 5.06 Å². The third-order valence-corrected chi connectivity index (χ3v) is 4.29. The van der Waals surface area contributed by atoms with Crippen LogP contribution in [0.15, 0.2) is 48.5 Å². The molecule has 8 heteroatoms. The lowest BCUT2D eigenvalue weighted by Gasteiger charge is -2.21. The summed E-state index contributed by atoms with van der Waals surface area (Å²) in [6.07, 6.45) is 0.660. The van der Waals surface area contributed by atoms with Crippen LogP contribution < -0.4 is 5.32 Å². The Morgan fingerprint density at radius 2 is 1.60 bits per heavy atom. The van der Waals surface area contributed by atoms with Gasteiger partial charge in [-0.3, -0.25) is 9.59 Å². The zero-order valence-corrected chi connectivity index (χ0v) is 17.0. The fourth-order valence-corrected chi connectivity index (χ4v) is 2.64. The predicted molar refractivity (Wildman–Crippen MR) is 111 cm³/mol. The van der Waals surface area contributed by atoms with E-state index < -0.39 is 5.97 Å². The number of carbonyl (C=O) groups excluding carboxylic acids is 2. The van der Waals surface area contributed by atoms with E-state index in [0.717, 1.165) is 5.56 Å². The number of phenolic OH excluding ortho intramolecular Hbond substituents is 2. The Kier molecular flexibility index (Phi) is 9.63. The number of aromatic hydroxyl groups is 2. The van der Waals surface area contributed by atoms with Gasteiger partial charge >= 0.3 is 11.9 Å². The van der Waals surface area contributed by atoms with Crippen LogP contribution in [0.4, 0.5) is 0 Å². The number of ether oxygens (including phenoxy) is 1. The molecular weight excluding hydrogens is 388 g/mol. The lowest BCUT2D eigenvalue weighted by atomic mass is 10.1. The minimum Gasteiger partial charge on any atom is -0.508 e. The summed E-state index contributed by atoms with van der Waals surface area (Å²) in [6, 6.07) is 13.7. The van der Waals surface area contributed by atoms with Crippen molar-refractivity contribution in [2.75, 3.05) is 26.2 Å². The van der Waals surface area contributed by atoms with Gasteiger partial charge in [-0.05, 0) is 17.7 Å². The Morgan fingerprint density at radius 1 is 0.967 bits per heavy atom. The summed E-state index contributed by atoms with van der Waals surface area (Å²) in [5.74, 6) is -0.494. The van der Waals surface area contributed by atoms with Gasteiger partial charge in [0.2, 0.25) is 0 Å². The Hall–Kier alpha value is -3.10. The molecule has 0 spiro atoms. The van der Waals surface area contributed by atoms with Crippen LogP contribution in [-0.2, 0) is 32.1 Å². The van der Waals surface area contributed by atoms with E-state index in [4.69, 9.17) is 9.57 Å². The van der Waals surface area contributed by atoms with Crippen LogP contribution in [0.25, 0.3) is 0 Å². The molecule has 3 N–H and O–H groups in total.